The van der Waals surface area contributed by atoms with E-state index in [9.17, 15) is 4.79 Å². The standard InChI is InChI=1S/C21H20N4O/c26-21(23-11-9-18-13-17-4-1-2-6-19(17)25-18)24-14-15-7-8-16-5-3-10-22-20(16)12-15/h1-8,10,12-13,25H,9,11,14H2,(H2,23,24,26). The molecule has 3 N–H and O–H groups in total. The Hall–Kier alpha value is -3.34. The number of benzene rings is 2. The maximum Gasteiger partial charge on any atom is 0.315 e. The number of urea groups is 1. The Morgan fingerprint density at radius 3 is 2.77 bits per heavy atom. The summed E-state index contributed by atoms with van der Waals surface area (Å²) < 4.78 is 0. The smallest absolute Gasteiger partial charge is 0.315 e. The third-order valence-electron chi connectivity index (χ3n) is 4.39. The van der Waals surface area contributed by atoms with Crippen LogP contribution in [0.4, 0.5) is 4.79 Å². The highest BCUT2D eigenvalue weighted by Gasteiger charge is 2.03. The quantitative estimate of drug-likeness (QED) is 0.516. The van der Waals surface area contributed by atoms with E-state index >= 15 is 0 Å². The van der Waals surface area contributed by atoms with E-state index in [-0.39, 0.29) is 6.03 Å². The van der Waals surface area contributed by atoms with Crippen molar-refractivity contribution in [3.63, 3.8) is 0 Å². The van der Waals surface area contributed by atoms with Crippen molar-refractivity contribution in [1.29, 1.82) is 0 Å². The number of amides is 2. The fourth-order valence-corrected chi connectivity index (χ4v) is 3.05. The van der Waals surface area contributed by atoms with Crippen LogP contribution in [-0.4, -0.2) is 22.5 Å². The molecule has 2 aromatic carbocycles. The molecule has 5 heteroatoms. The van der Waals surface area contributed by atoms with E-state index < -0.39 is 0 Å². The Morgan fingerprint density at radius 2 is 1.85 bits per heavy atom. The summed E-state index contributed by atoms with van der Waals surface area (Å²) in [5, 5.41) is 8.07. The van der Waals surface area contributed by atoms with Crippen LogP contribution >= 0.6 is 0 Å². The molecule has 0 bridgehead atoms. The average molecular weight is 344 g/mol. The predicted molar refractivity (Wildman–Crippen MR) is 104 cm³/mol. The number of rotatable bonds is 5. The van der Waals surface area contributed by atoms with E-state index in [2.05, 4.69) is 38.8 Å². The Balaban J connectivity index is 1.27. The molecular weight excluding hydrogens is 324 g/mol. The first kappa shape index (κ1) is 16.1. The van der Waals surface area contributed by atoms with E-state index in [0.717, 1.165) is 34.1 Å². The Kier molecular flexibility index (Phi) is 4.51. The van der Waals surface area contributed by atoms with Crippen molar-refractivity contribution < 1.29 is 4.79 Å². The number of fused-ring (bicyclic) bond motifs is 2. The second kappa shape index (κ2) is 7.27. The Bertz CT molecular complexity index is 1020. The summed E-state index contributed by atoms with van der Waals surface area (Å²) in [6.45, 7) is 1.06. The zero-order valence-electron chi connectivity index (χ0n) is 14.3. The van der Waals surface area contributed by atoms with Crippen LogP contribution < -0.4 is 10.6 Å². The number of aromatic nitrogens is 2. The van der Waals surface area contributed by atoms with Crippen molar-refractivity contribution in [3.05, 3.63) is 78.1 Å². The minimum Gasteiger partial charge on any atom is -0.358 e. The van der Waals surface area contributed by atoms with E-state index in [0.29, 0.717) is 13.1 Å². The molecule has 0 radical (unpaired) electrons. The number of nitrogens with one attached hydrogen (secondary N) is 3. The van der Waals surface area contributed by atoms with Gasteiger partial charge in [0.25, 0.3) is 0 Å². The molecule has 0 aliphatic rings. The second-order valence-corrected chi connectivity index (χ2v) is 6.27. The van der Waals surface area contributed by atoms with Gasteiger partial charge in [-0.1, -0.05) is 36.4 Å². The number of H-pyrrole nitrogens is 1. The summed E-state index contributed by atoms with van der Waals surface area (Å²) in [7, 11) is 0. The summed E-state index contributed by atoms with van der Waals surface area (Å²) >= 11 is 0. The van der Waals surface area contributed by atoms with Gasteiger partial charge in [-0.25, -0.2) is 4.79 Å². The van der Waals surface area contributed by atoms with Crippen molar-refractivity contribution in [1.82, 2.24) is 20.6 Å². The first-order valence-corrected chi connectivity index (χ1v) is 8.70. The van der Waals surface area contributed by atoms with Gasteiger partial charge >= 0.3 is 6.03 Å². The van der Waals surface area contributed by atoms with E-state index in [4.69, 9.17) is 0 Å². The lowest BCUT2D eigenvalue weighted by molar-refractivity contribution is 0.240. The van der Waals surface area contributed by atoms with Crippen LogP contribution in [0.25, 0.3) is 21.8 Å². The molecule has 130 valence electrons. The number of carbonyl (C=O) groups excluding carboxylic acids is 1. The molecule has 5 nitrogen and oxygen atoms in total. The lowest BCUT2D eigenvalue weighted by Crippen LogP contribution is -2.36. The summed E-state index contributed by atoms with van der Waals surface area (Å²) in [6, 6.07) is 20.1. The molecule has 0 spiro atoms. The van der Waals surface area contributed by atoms with Gasteiger partial charge in [-0.15, -0.1) is 0 Å². The topological polar surface area (TPSA) is 69.8 Å². The first-order valence-electron chi connectivity index (χ1n) is 8.70. The molecule has 4 aromatic rings. The largest absolute Gasteiger partial charge is 0.358 e. The van der Waals surface area contributed by atoms with E-state index in [1.165, 1.54) is 5.39 Å². The molecule has 0 saturated carbocycles. The number of nitrogens with zero attached hydrogens (tertiary/aromatic N) is 1. The molecule has 0 saturated heterocycles. The fourth-order valence-electron chi connectivity index (χ4n) is 3.05. The van der Waals surface area contributed by atoms with Crippen LogP contribution in [-0.2, 0) is 13.0 Å². The van der Waals surface area contributed by atoms with Crippen molar-refractivity contribution in [3.8, 4) is 0 Å². The van der Waals surface area contributed by atoms with Gasteiger partial charge in [0.15, 0.2) is 0 Å². The van der Waals surface area contributed by atoms with Crippen LogP contribution in [0.15, 0.2) is 66.9 Å². The predicted octanol–water partition coefficient (Wildman–Crippen LogP) is 3.76. The average Bonchev–Trinajstić information content (AvgIpc) is 3.09. The van der Waals surface area contributed by atoms with Gasteiger partial charge in [-0.2, -0.15) is 0 Å². The summed E-state index contributed by atoms with van der Waals surface area (Å²) in [5.74, 6) is 0. The zero-order chi connectivity index (χ0) is 17.8. The highest BCUT2D eigenvalue weighted by atomic mass is 16.2. The normalized spacial score (nSPS) is 10.9. The van der Waals surface area contributed by atoms with Gasteiger partial charge < -0.3 is 15.6 Å². The van der Waals surface area contributed by atoms with Crippen LogP contribution in [0, 0.1) is 0 Å². The van der Waals surface area contributed by atoms with Gasteiger partial charge in [-0.05, 0) is 35.2 Å². The molecule has 0 unspecified atom stereocenters. The second-order valence-electron chi connectivity index (χ2n) is 6.27. The zero-order valence-corrected chi connectivity index (χ0v) is 14.3. The first-order chi connectivity index (χ1) is 12.8. The van der Waals surface area contributed by atoms with Gasteiger partial charge in [0.05, 0.1) is 5.52 Å². The van der Waals surface area contributed by atoms with Crippen LogP contribution in [0.1, 0.15) is 11.3 Å². The van der Waals surface area contributed by atoms with Crippen LogP contribution in [0.2, 0.25) is 0 Å². The molecule has 2 heterocycles. The minimum atomic E-state index is -0.165. The molecule has 4 rings (SSSR count). The van der Waals surface area contributed by atoms with Crippen molar-refractivity contribution in [2.45, 2.75) is 13.0 Å². The molecule has 26 heavy (non-hydrogen) atoms. The highest BCUT2D eigenvalue weighted by Crippen LogP contribution is 2.15. The van der Waals surface area contributed by atoms with Crippen molar-refractivity contribution in [2.75, 3.05) is 6.54 Å². The summed E-state index contributed by atoms with van der Waals surface area (Å²) in [6.07, 6.45) is 2.54. The third-order valence-corrected chi connectivity index (χ3v) is 4.39. The molecule has 2 aromatic heterocycles. The van der Waals surface area contributed by atoms with E-state index in [1.807, 2.05) is 42.5 Å². The third kappa shape index (κ3) is 3.67. The van der Waals surface area contributed by atoms with Crippen LogP contribution in [0.5, 0.6) is 0 Å². The highest BCUT2D eigenvalue weighted by molar-refractivity contribution is 5.80. The number of carbonyl (C=O) groups is 1. The minimum absolute atomic E-state index is 0.165. The molecule has 0 atom stereocenters. The number of pyridine rings is 1. The molecule has 0 aliphatic heterocycles. The lowest BCUT2D eigenvalue weighted by Gasteiger charge is -2.08. The van der Waals surface area contributed by atoms with E-state index in [1.54, 1.807) is 6.20 Å². The molecular formula is C21H20N4O. The number of hydrogen-bond donors (Lipinski definition) is 3. The number of para-hydroxylation sites is 1. The Morgan fingerprint density at radius 1 is 0.962 bits per heavy atom. The summed E-state index contributed by atoms with van der Waals surface area (Å²) in [4.78, 5) is 19.7. The van der Waals surface area contributed by atoms with Crippen molar-refractivity contribution in [2.24, 2.45) is 0 Å². The molecule has 0 aliphatic carbocycles. The maximum atomic E-state index is 12.0. The number of hydrogen-bond acceptors (Lipinski definition) is 2. The monoisotopic (exact) mass is 344 g/mol. The van der Waals surface area contributed by atoms with Gasteiger partial charge in [0, 0.05) is 42.3 Å². The van der Waals surface area contributed by atoms with Crippen molar-refractivity contribution >= 4 is 27.8 Å². The molecule has 0 fully saturated rings. The fraction of sp³-hybridized carbons (Fsp3) is 0.143. The van der Waals surface area contributed by atoms with Gasteiger partial charge in [0.1, 0.15) is 0 Å². The summed E-state index contributed by atoms with van der Waals surface area (Å²) in [5.41, 5.74) is 4.21. The van der Waals surface area contributed by atoms with Gasteiger partial charge in [-0.3, -0.25) is 4.98 Å². The Labute approximate surface area is 151 Å². The SMILES string of the molecule is O=C(NCCc1cc2ccccc2[nH]1)NCc1ccc2cccnc2c1. The molecule has 2 amide bonds. The number of aromatic amines is 1. The maximum absolute atomic E-state index is 12.0. The lowest BCUT2D eigenvalue weighted by atomic mass is 10.1. The van der Waals surface area contributed by atoms with Crippen LogP contribution in [0.3, 0.4) is 0 Å². The van der Waals surface area contributed by atoms with Gasteiger partial charge in [0.2, 0.25) is 0 Å².